The van der Waals surface area contributed by atoms with Crippen LogP contribution < -0.4 is 5.32 Å². The summed E-state index contributed by atoms with van der Waals surface area (Å²) in [5.41, 5.74) is 0.711. The zero-order chi connectivity index (χ0) is 14.6. The van der Waals surface area contributed by atoms with E-state index in [4.69, 9.17) is 5.11 Å². The molecule has 0 saturated carbocycles. The summed E-state index contributed by atoms with van der Waals surface area (Å²) >= 11 is 0. The summed E-state index contributed by atoms with van der Waals surface area (Å²) in [6.45, 7) is 6.66. The predicted molar refractivity (Wildman–Crippen MR) is 73.5 cm³/mol. The van der Waals surface area contributed by atoms with Gasteiger partial charge in [0, 0.05) is 20.2 Å². The molecule has 0 aromatic carbocycles. The number of aromatic carboxylic acids is 1. The molecule has 19 heavy (non-hydrogen) atoms. The van der Waals surface area contributed by atoms with E-state index in [9.17, 15) is 9.90 Å². The Bertz CT molecular complexity index is 452. The zero-order valence-electron chi connectivity index (χ0n) is 12.0. The van der Waals surface area contributed by atoms with Crippen LogP contribution >= 0.6 is 0 Å². The van der Waals surface area contributed by atoms with Crippen LogP contribution in [0.1, 0.15) is 42.7 Å². The highest BCUT2D eigenvalue weighted by Gasteiger charge is 2.22. The Balaban J connectivity index is 2.80. The number of rotatable bonds is 7. The molecule has 1 aromatic rings. The fraction of sp³-hybridized carbons (Fsp3) is 0.692. The Labute approximate surface area is 113 Å². The average molecular weight is 269 g/mol. The number of hydrogen-bond donors (Lipinski definition) is 3. The van der Waals surface area contributed by atoms with E-state index in [-0.39, 0.29) is 17.6 Å². The van der Waals surface area contributed by atoms with Gasteiger partial charge in [-0.05, 0) is 25.2 Å². The first kappa shape index (κ1) is 15.5. The molecule has 0 unspecified atom stereocenters. The van der Waals surface area contributed by atoms with Gasteiger partial charge in [0.05, 0.1) is 5.69 Å². The molecule has 0 bridgehead atoms. The lowest BCUT2D eigenvalue weighted by atomic mass is 9.88. The van der Waals surface area contributed by atoms with Gasteiger partial charge in [0.2, 0.25) is 0 Å². The summed E-state index contributed by atoms with van der Waals surface area (Å²) in [5.74, 6) is -0.441. The molecule has 0 amide bonds. The van der Waals surface area contributed by atoms with Crippen LogP contribution in [0.4, 0.5) is 5.82 Å². The van der Waals surface area contributed by atoms with E-state index in [0.29, 0.717) is 18.1 Å². The van der Waals surface area contributed by atoms with Crippen molar-refractivity contribution in [2.45, 2.75) is 33.6 Å². The van der Waals surface area contributed by atoms with Gasteiger partial charge in [-0.25, -0.2) is 4.79 Å². The SMILES string of the molecule is Cc1nn(C)c(NCC(C)(C)CCCO)c1C(=O)O. The number of carboxylic acid groups (broad SMARTS) is 1. The van der Waals surface area contributed by atoms with E-state index in [2.05, 4.69) is 24.3 Å². The number of aliphatic hydroxyl groups is 1. The molecule has 6 nitrogen and oxygen atoms in total. The molecular formula is C13H23N3O3. The number of hydrogen-bond acceptors (Lipinski definition) is 4. The van der Waals surface area contributed by atoms with Gasteiger partial charge < -0.3 is 15.5 Å². The molecule has 1 aromatic heterocycles. The van der Waals surface area contributed by atoms with Crippen molar-refractivity contribution < 1.29 is 15.0 Å². The first-order valence-corrected chi connectivity index (χ1v) is 6.40. The third kappa shape index (κ3) is 3.96. The van der Waals surface area contributed by atoms with Crippen LogP contribution in [0, 0.1) is 12.3 Å². The predicted octanol–water partition coefficient (Wildman–Crippen LogP) is 1.64. The van der Waals surface area contributed by atoms with Gasteiger partial charge in [0.25, 0.3) is 0 Å². The Hall–Kier alpha value is -1.56. The summed E-state index contributed by atoms with van der Waals surface area (Å²) in [4.78, 5) is 11.2. The maximum Gasteiger partial charge on any atom is 0.341 e. The number of nitrogens with zero attached hydrogens (tertiary/aromatic N) is 2. The number of anilines is 1. The van der Waals surface area contributed by atoms with Gasteiger partial charge >= 0.3 is 5.97 Å². The third-order valence-electron chi connectivity index (χ3n) is 3.18. The molecule has 0 radical (unpaired) electrons. The van der Waals surface area contributed by atoms with Gasteiger partial charge in [-0.15, -0.1) is 0 Å². The normalized spacial score (nSPS) is 11.6. The maximum absolute atomic E-state index is 11.2. The van der Waals surface area contributed by atoms with Crippen LogP contribution in [0.2, 0.25) is 0 Å². The minimum atomic E-state index is -0.971. The summed E-state index contributed by atoms with van der Waals surface area (Å²) in [5, 5.41) is 25.4. The van der Waals surface area contributed by atoms with Crippen molar-refractivity contribution in [3.05, 3.63) is 11.3 Å². The largest absolute Gasteiger partial charge is 0.477 e. The molecule has 0 spiro atoms. The number of carboxylic acids is 1. The molecule has 0 aliphatic heterocycles. The van der Waals surface area contributed by atoms with E-state index >= 15 is 0 Å². The molecule has 1 rings (SSSR count). The molecule has 108 valence electrons. The van der Waals surface area contributed by atoms with E-state index in [0.717, 1.165) is 12.8 Å². The highest BCUT2D eigenvalue weighted by molar-refractivity contribution is 5.94. The highest BCUT2D eigenvalue weighted by atomic mass is 16.4. The van der Waals surface area contributed by atoms with Gasteiger partial charge in [0.1, 0.15) is 11.4 Å². The van der Waals surface area contributed by atoms with Crippen LogP contribution in [-0.4, -0.2) is 39.1 Å². The minimum absolute atomic E-state index is 0.0172. The molecule has 0 aliphatic carbocycles. The van der Waals surface area contributed by atoms with Crippen LogP contribution in [-0.2, 0) is 7.05 Å². The van der Waals surface area contributed by atoms with Gasteiger partial charge in [-0.3, -0.25) is 4.68 Å². The molecule has 6 heteroatoms. The Morgan fingerprint density at radius 3 is 2.63 bits per heavy atom. The summed E-state index contributed by atoms with van der Waals surface area (Å²) < 4.78 is 1.56. The van der Waals surface area contributed by atoms with Crippen molar-refractivity contribution >= 4 is 11.8 Å². The van der Waals surface area contributed by atoms with E-state index in [1.165, 1.54) is 0 Å². The lowest BCUT2D eigenvalue weighted by Gasteiger charge is -2.25. The second-order valence-corrected chi connectivity index (χ2v) is 5.58. The zero-order valence-corrected chi connectivity index (χ0v) is 12.0. The minimum Gasteiger partial charge on any atom is -0.477 e. The van der Waals surface area contributed by atoms with E-state index in [1.54, 1.807) is 18.7 Å². The molecule has 0 fully saturated rings. The van der Waals surface area contributed by atoms with Gasteiger partial charge in [-0.2, -0.15) is 5.10 Å². The van der Waals surface area contributed by atoms with E-state index in [1.807, 2.05) is 0 Å². The quantitative estimate of drug-likeness (QED) is 0.700. The van der Waals surface area contributed by atoms with Crippen molar-refractivity contribution in [2.24, 2.45) is 12.5 Å². The average Bonchev–Trinajstić information content (AvgIpc) is 2.59. The first-order chi connectivity index (χ1) is 8.78. The smallest absolute Gasteiger partial charge is 0.341 e. The van der Waals surface area contributed by atoms with Crippen molar-refractivity contribution in [1.82, 2.24) is 9.78 Å². The summed E-state index contributed by atoms with van der Waals surface area (Å²) in [7, 11) is 1.72. The number of aliphatic hydroxyl groups excluding tert-OH is 1. The fourth-order valence-corrected chi connectivity index (χ4v) is 2.09. The summed E-state index contributed by atoms with van der Waals surface area (Å²) in [6, 6.07) is 0. The standard InChI is InChI=1S/C13H23N3O3/c1-9-10(12(18)19)11(16(4)15-9)14-8-13(2,3)6-5-7-17/h14,17H,5-8H2,1-4H3,(H,18,19). The van der Waals surface area contributed by atoms with Crippen molar-refractivity contribution in [1.29, 1.82) is 0 Å². The second-order valence-electron chi connectivity index (χ2n) is 5.58. The number of carbonyl (C=O) groups is 1. The maximum atomic E-state index is 11.2. The topological polar surface area (TPSA) is 87.4 Å². The fourth-order valence-electron chi connectivity index (χ4n) is 2.09. The van der Waals surface area contributed by atoms with Crippen molar-refractivity contribution in [2.75, 3.05) is 18.5 Å². The number of aromatic nitrogens is 2. The molecule has 0 saturated heterocycles. The first-order valence-electron chi connectivity index (χ1n) is 6.40. The van der Waals surface area contributed by atoms with Crippen LogP contribution in [0.3, 0.4) is 0 Å². The van der Waals surface area contributed by atoms with Gasteiger partial charge in [0.15, 0.2) is 0 Å². The Morgan fingerprint density at radius 2 is 2.11 bits per heavy atom. The Morgan fingerprint density at radius 1 is 1.47 bits per heavy atom. The Kier molecular flexibility index (Phi) is 4.94. The number of nitrogens with one attached hydrogen (secondary N) is 1. The number of aryl methyl sites for hydroxylation is 2. The molecule has 1 heterocycles. The van der Waals surface area contributed by atoms with Crippen LogP contribution in [0.25, 0.3) is 0 Å². The third-order valence-corrected chi connectivity index (χ3v) is 3.18. The van der Waals surface area contributed by atoms with Crippen LogP contribution in [0.5, 0.6) is 0 Å². The van der Waals surface area contributed by atoms with Gasteiger partial charge in [-0.1, -0.05) is 13.8 Å². The van der Waals surface area contributed by atoms with Crippen molar-refractivity contribution in [3.63, 3.8) is 0 Å². The monoisotopic (exact) mass is 269 g/mol. The molecule has 0 atom stereocenters. The molecular weight excluding hydrogens is 246 g/mol. The van der Waals surface area contributed by atoms with Crippen LogP contribution in [0.15, 0.2) is 0 Å². The molecule has 3 N–H and O–H groups in total. The lowest BCUT2D eigenvalue weighted by molar-refractivity contribution is 0.0697. The van der Waals surface area contributed by atoms with Crippen molar-refractivity contribution in [3.8, 4) is 0 Å². The van der Waals surface area contributed by atoms with E-state index < -0.39 is 5.97 Å². The lowest BCUT2D eigenvalue weighted by Crippen LogP contribution is -2.25. The second kappa shape index (κ2) is 6.06. The summed E-state index contributed by atoms with van der Waals surface area (Å²) in [6.07, 6.45) is 1.61. The highest BCUT2D eigenvalue weighted by Crippen LogP contribution is 2.25. The molecule has 0 aliphatic rings.